The zero-order chi connectivity index (χ0) is 22.0. The van der Waals surface area contributed by atoms with E-state index >= 15 is 0 Å². The highest BCUT2D eigenvalue weighted by Gasteiger charge is 2.25. The number of aromatic nitrogens is 3. The maximum atomic E-state index is 12.1. The molecule has 0 atom stereocenters. The molecule has 3 heterocycles. The highest BCUT2D eigenvalue weighted by molar-refractivity contribution is 6.02. The van der Waals surface area contributed by atoms with Gasteiger partial charge >= 0.3 is 11.9 Å². The molecule has 0 spiro atoms. The third-order valence-corrected chi connectivity index (χ3v) is 4.69. The second-order valence-corrected chi connectivity index (χ2v) is 7.33. The van der Waals surface area contributed by atoms with E-state index in [-0.39, 0.29) is 11.5 Å². The lowest BCUT2D eigenvalue weighted by atomic mass is 10.1. The molecule has 3 aromatic rings. The largest absolute Gasteiger partial charge is 0.494 e. The fourth-order valence-electron chi connectivity index (χ4n) is 3.24. The quantitative estimate of drug-likeness (QED) is 0.441. The highest BCUT2D eigenvalue weighted by atomic mass is 16.6. The van der Waals surface area contributed by atoms with Crippen LogP contribution in [0, 0.1) is 0 Å². The van der Waals surface area contributed by atoms with E-state index in [2.05, 4.69) is 15.0 Å². The van der Waals surface area contributed by atoms with Crippen molar-refractivity contribution < 1.29 is 23.8 Å². The number of ether oxygens (including phenoxy) is 3. The van der Waals surface area contributed by atoms with Gasteiger partial charge in [-0.1, -0.05) is 0 Å². The predicted molar refractivity (Wildman–Crippen MR) is 113 cm³/mol. The van der Waals surface area contributed by atoms with Gasteiger partial charge in [-0.3, -0.25) is 0 Å². The van der Waals surface area contributed by atoms with Crippen LogP contribution in [0.25, 0.3) is 22.3 Å². The lowest BCUT2D eigenvalue weighted by molar-refractivity contribution is -0.133. The van der Waals surface area contributed by atoms with Crippen molar-refractivity contribution >= 4 is 23.0 Å². The lowest BCUT2D eigenvalue weighted by Crippen LogP contribution is -2.15. The number of esters is 2. The van der Waals surface area contributed by atoms with Crippen LogP contribution in [-0.4, -0.2) is 58.8 Å². The van der Waals surface area contributed by atoms with E-state index in [1.54, 1.807) is 11.7 Å². The molecule has 0 fully saturated rings. The highest BCUT2D eigenvalue weighted by Crippen LogP contribution is 2.40. The average Bonchev–Trinajstić information content (AvgIpc) is 3.07. The molecule has 9 nitrogen and oxygen atoms in total. The Morgan fingerprint density at radius 3 is 2.48 bits per heavy atom. The Morgan fingerprint density at radius 1 is 1.06 bits per heavy atom. The fourth-order valence-corrected chi connectivity index (χ4v) is 3.24. The molecule has 0 unspecified atom stereocenters. The van der Waals surface area contributed by atoms with Crippen molar-refractivity contribution in [3.05, 3.63) is 42.6 Å². The Balaban J connectivity index is 1.68. The fraction of sp³-hybridized carbons (Fsp3) is 0.273. The van der Waals surface area contributed by atoms with Crippen molar-refractivity contribution in [1.29, 1.82) is 0 Å². The number of rotatable bonds is 6. The van der Waals surface area contributed by atoms with Crippen molar-refractivity contribution in [2.75, 3.05) is 27.2 Å². The van der Waals surface area contributed by atoms with Gasteiger partial charge in [0.15, 0.2) is 17.1 Å². The number of benzene rings is 1. The Hall–Kier alpha value is -3.72. The molecule has 0 saturated carbocycles. The zero-order valence-corrected chi connectivity index (χ0v) is 17.5. The Morgan fingerprint density at radius 2 is 1.77 bits per heavy atom. The Bertz CT molecular complexity index is 1160. The van der Waals surface area contributed by atoms with Crippen molar-refractivity contribution in [2.45, 2.75) is 6.42 Å². The van der Waals surface area contributed by atoms with E-state index in [4.69, 9.17) is 14.2 Å². The molecular weight excluding hydrogens is 400 g/mol. The number of hydrogen-bond acceptors (Lipinski definition) is 8. The Labute approximate surface area is 178 Å². The summed E-state index contributed by atoms with van der Waals surface area (Å²) in [6, 6.07) is 7.47. The molecule has 31 heavy (non-hydrogen) atoms. The van der Waals surface area contributed by atoms with Gasteiger partial charge < -0.3 is 19.1 Å². The Kier molecular flexibility index (Phi) is 5.68. The third kappa shape index (κ3) is 4.41. The molecule has 1 aliphatic heterocycles. The SMILES string of the molecule is CN(C)CCCOc1ccc(-c2nn(C)c3ncc4c(c23)OC(=O)/C=C\C(=O)O4)cc1. The van der Waals surface area contributed by atoms with Crippen LogP contribution in [0.15, 0.2) is 42.6 Å². The summed E-state index contributed by atoms with van der Waals surface area (Å²) in [5, 5.41) is 5.03. The lowest BCUT2D eigenvalue weighted by Gasteiger charge is -2.12. The number of carbonyl (C=O) groups is 2. The first kappa shape index (κ1) is 20.5. The van der Waals surface area contributed by atoms with Crippen LogP contribution in [0.2, 0.25) is 0 Å². The van der Waals surface area contributed by atoms with Crippen molar-refractivity contribution in [3.8, 4) is 28.5 Å². The number of hydrogen-bond donors (Lipinski definition) is 0. The molecule has 0 aliphatic carbocycles. The maximum Gasteiger partial charge on any atom is 0.336 e. The van der Waals surface area contributed by atoms with Gasteiger partial charge in [-0.15, -0.1) is 0 Å². The molecule has 0 N–H and O–H groups in total. The number of fused-ring (bicyclic) bond motifs is 3. The summed E-state index contributed by atoms with van der Waals surface area (Å²) in [6.45, 7) is 1.57. The van der Waals surface area contributed by atoms with Crippen molar-refractivity contribution in [3.63, 3.8) is 0 Å². The summed E-state index contributed by atoms with van der Waals surface area (Å²) in [4.78, 5) is 30.4. The summed E-state index contributed by atoms with van der Waals surface area (Å²) < 4.78 is 18.1. The first-order valence-electron chi connectivity index (χ1n) is 9.78. The van der Waals surface area contributed by atoms with Crippen LogP contribution in [-0.2, 0) is 16.6 Å². The monoisotopic (exact) mass is 422 g/mol. The molecule has 0 amide bonds. The molecule has 0 radical (unpaired) electrons. The van der Waals surface area contributed by atoms with Crippen LogP contribution in [0.3, 0.4) is 0 Å². The van der Waals surface area contributed by atoms with Gasteiger partial charge in [0.1, 0.15) is 11.4 Å². The summed E-state index contributed by atoms with van der Waals surface area (Å²) in [6.07, 6.45) is 4.31. The molecule has 160 valence electrons. The number of carbonyl (C=O) groups excluding carboxylic acids is 2. The molecule has 4 rings (SSSR count). The van der Waals surface area contributed by atoms with Crippen molar-refractivity contribution in [1.82, 2.24) is 19.7 Å². The van der Waals surface area contributed by atoms with Crippen molar-refractivity contribution in [2.24, 2.45) is 7.05 Å². The number of pyridine rings is 1. The second kappa shape index (κ2) is 8.57. The molecule has 1 aromatic carbocycles. The smallest absolute Gasteiger partial charge is 0.336 e. The minimum atomic E-state index is -0.680. The summed E-state index contributed by atoms with van der Waals surface area (Å²) in [7, 11) is 5.79. The molecular formula is C22H22N4O5. The van der Waals surface area contributed by atoms with Gasteiger partial charge in [0.05, 0.1) is 18.2 Å². The number of aryl methyl sites for hydroxylation is 1. The molecule has 1 aliphatic rings. The van der Waals surface area contributed by atoms with Crippen LogP contribution in [0.5, 0.6) is 17.2 Å². The maximum absolute atomic E-state index is 12.1. The average molecular weight is 422 g/mol. The van der Waals surface area contributed by atoms with E-state index in [1.807, 2.05) is 38.4 Å². The third-order valence-electron chi connectivity index (χ3n) is 4.69. The first-order valence-corrected chi connectivity index (χ1v) is 9.78. The van der Waals surface area contributed by atoms with Gasteiger partial charge in [0.2, 0.25) is 0 Å². The van der Waals surface area contributed by atoms with Crippen LogP contribution < -0.4 is 14.2 Å². The van der Waals surface area contributed by atoms with Crippen LogP contribution >= 0.6 is 0 Å². The van der Waals surface area contributed by atoms with Gasteiger partial charge in [0.25, 0.3) is 0 Å². The minimum absolute atomic E-state index is 0.0605. The summed E-state index contributed by atoms with van der Waals surface area (Å²) in [5.74, 6) is -0.436. The standard InChI is InChI=1S/C22H22N4O5/c1-25(2)11-4-12-29-15-7-5-14(6-8-15)20-19-21-16(13-23-22(19)26(3)24-20)30-17(27)9-10-18(28)31-21/h5-10,13H,4,11-12H2,1-3H3/b10-9-. The normalized spacial score (nSPS) is 14.6. The number of nitrogens with zero attached hydrogens (tertiary/aromatic N) is 4. The van der Waals surface area contributed by atoms with E-state index in [0.29, 0.717) is 23.3 Å². The van der Waals surface area contributed by atoms with Gasteiger partial charge in [0, 0.05) is 31.3 Å². The van der Waals surface area contributed by atoms with Crippen LogP contribution in [0.1, 0.15) is 6.42 Å². The predicted octanol–water partition coefficient (Wildman–Crippen LogP) is 2.35. The van der Waals surface area contributed by atoms with Crippen LogP contribution in [0.4, 0.5) is 0 Å². The zero-order valence-electron chi connectivity index (χ0n) is 17.5. The molecule has 0 saturated heterocycles. The van der Waals surface area contributed by atoms with Gasteiger partial charge in [-0.05, 0) is 44.8 Å². The van der Waals surface area contributed by atoms with E-state index in [1.165, 1.54) is 6.20 Å². The van der Waals surface area contributed by atoms with E-state index in [0.717, 1.165) is 36.4 Å². The second-order valence-electron chi connectivity index (χ2n) is 7.33. The molecule has 0 bridgehead atoms. The van der Waals surface area contributed by atoms with E-state index < -0.39 is 11.9 Å². The first-order chi connectivity index (χ1) is 14.9. The van der Waals surface area contributed by atoms with E-state index in [9.17, 15) is 9.59 Å². The molecule has 2 aromatic heterocycles. The molecule has 9 heteroatoms. The summed E-state index contributed by atoms with van der Waals surface area (Å²) in [5.41, 5.74) is 1.82. The topological polar surface area (TPSA) is 95.8 Å². The summed E-state index contributed by atoms with van der Waals surface area (Å²) >= 11 is 0. The minimum Gasteiger partial charge on any atom is -0.494 e. The van der Waals surface area contributed by atoms with Gasteiger partial charge in [-0.25, -0.2) is 19.3 Å². The van der Waals surface area contributed by atoms with Gasteiger partial charge in [-0.2, -0.15) is 5.10 Å².